The molecule has 1 fully saturated rings. The summed E-state index contributed by atoms with van der Waals surface area (Å²) in [5.41, 5.74) is 4.29. The van der Waals surface area contributed by atoms with Gasteiger partial charge in [-0.3, -0.25) is 9.69 Å². The molecule has 0 atom stereocenters. The minimum atomic E-state index is -0.328. The topological polar surface area (TPSA) is 32.3 Å². The molecular formula is C26H27FN2OS. The van der Waals surface area contributed by atoms with Crippen molar-refractivity contribution in [2.24, 2.45) is 0 Å². The zero-order chi connectivity index (χ0) is 21.6. The zero-order valence-corrected chi connectivity index (χ0v) is 18.5. The highest BCUT2D eigenvalue weighted by Crippen LogP contribution is 2.25. The van der Waals surface area contributed by atoms with E-state index in [0.717, 1.165) is 32.5 Å². The first-order valence-electron chi connectivity index (χ1n) is 10.6. The van der Waals surface area contributed by atoms with Crippen LogP contribution in [0, 0.1) is 5.82 Å². The molecule has 1 heterocycles. The van der Waals surface area contributed by atoms with E-state index >= 15 is 0 Å². The molecule has 0 aromatic heterocycles. The van der Waals surface area contributed by atoms with Crippen LogP contribution in [-0.4, -0.2) is 36.2 Å². The fraction of sp³-hybridized carbons (Fsp3) is 0.269. The molecule has 1 aliphatic rings. The van der Waals surface area contributed by atoms with Gasteiger partial charge in [0.1, 0.15) is 5.82 Å². The van der Waals surface area contributed by atoms with E-state index < -0.39 is 0 Å². The molecule has 4 rings (SSSR count). The number of carbonyl (C=O) groups excluding carboxylic acids is 1. The molecule has 3 nitrogen and oxygen atoms in total. The lowest BCUT2D eigenvalue weighted by molar-refractivity contribution is 0.0909. The van der Waals surface area contributed by atoms with Crippen molar-refractivity contribution >= 4 is 17.7 Å². The van der Waals surface area contributed by atoms with Gasteiger partial charge in [0.25, 0.3) is 5.91 Å². The molecule has 1 amide bonds. The van der Waals surface area contributed by atoms with Crippen LogP contribution in [0.15, 0.2) is 77.7 Å². The van der Waals surface area contributed by atoms with Crippen molar-refractivity contribution in [2.45, 2.75) is 30.3 Å². The van der Waals surface area contributed by atoms with Crippen LogP contribution in [0.1, 0.15) is 28.8 Å². The smallest absolute Gasteiger partial charge is 0.251 e. The van der Waals surface area contributed by atoms with Gasteiger partial charge in [0.2, 0.25) is 0 Å². The highest BCUT2D eigenvalue weighted by molar-refractivity contribution is 7.98. The number of halogens is 1. The van der Waals surface area contributed by atoms with Gasteiger partial charge in [-0.2, -0.15) is 0 Å². The van der Waals surface area contributed by atoms with Gasteiger partial charge in [-0.1, -0.05) is 30.3 Å². The summed E-state index contributed by atoms with van der Waals surface area (Å²) in [6.45, 7) is 2.80. The van der Waals surface area contributed by atoms with Crippen molar-refractivity contribution in [1.29, 1.82) is 0 Å². The number of likely N-dealkylation sites (tertiary alicyclic amines) is 1. The van der Waals surface area contributed by atoms with Gasteiger partial charge in [0.05, 0.1) is 0 Å². The van der Waals surface area contributed by atoms with Gasteiger partial charge in [-0.05, 0) is 78.3 Å². The van der Waals surface area contributed by atoms with Gasteiger partial charge in [0.15, 0.2) is 0 Å². The van der Waals surface area contributed by atoms with E-state index in [1.807, 2.05) is 0 Å². The monoisotopic (exact) mass is 434 g/mol. The van der Waals surface area contributed by atoms with Gasteiger partial charge in [0, 0.05) is 36.1 Å². The van der Waals surface area contributed by atoms with Crippen LogP contribution in [0.5, 0.6) is 0 Å². The Bertz CT molecular complexity index is 1010. The van der Waals surface area contributed by atoms with E-state index in [2.05, 4.69) is 65.0 Å². The molecule has 0 unspecified atom stereocenters. The van der Waals surface area contributed by atoms with E-state index in [1.165, 1.54) is 45.9 Å². The Morgan fingerprint density at radius 3 is 2.39 bits per heavy atom. The lowest BCUT2D eigenvalue weighted by atomic mass is 10.0. The number of nitrogens with one attached hydrogen (secondary N) is 1. The predicted molar refractivity (Wildman–Crippen MR) is 126 cm³/mol. The van der Waals surface area contributed by atoms with Gasteiger partial charge in [-0.25, -0.2) is 4.39 Å². The fourth-order valence-corrected chi connectivity index (χ4v) is 4.40. The molecular weight excluding hydrogens is 407 g/mol. The highest BCUT2D eigenvalue weighted by Gasteiger charge is 2.21. The molecule has 0 saturated carbocycles. The normalized spacial score (nSPS) is 15.0. The summed E-state index contributed by atoms with van der Waals surface area (Å²) in [5.74, 6) is -0.454. The molecule has 1 N–H and O–H groups in total. The second kappa shape index (κ2) is 10.1. The predicted octanol–water partition coefficient (Wildman–Crippen LogP) is 5.61. The number of carbonyl (C=O) groups is 1. The average Bonchev–Trinajstić information content (AvgIpc) is 2.81. The summed E-state index contributed by atoms with van der Waals surface area (Å²) in [5, 5.41) is 3.09. The molecule has 1 saturated heterocycles. The van der Waals surface area contributed by atoms with Crippen molar-refractivity contribution < 1.29 is 9.18 Å². The summed E-state index contributed by atoms with van der Waals surface area (Å²) < 4.78 is 13.0. The fourth-order valence-electron chi connectivity index (χ4n) is 4.00. The Morgan fingerprint density at radius 2 is 1.71 bits per heavy atom. The van der Waals surface area contributed by atoms with Gasteiger partial charge >= 0.3 is 0 Å². The number of rotatable bonds is 6. The van der Waals surface area contributed by atoms with Crippen LogP contribution in [0.25, 0.3) is 11.1 Å². The maximum absolute atomic E-state index is 13.0. The summed E-state index contributed by atoms with van der Waals surface area (Å²) in [7, 11) is 0. The van der Waals surface area contributed by atoms with Crippen molar-refractivity contribution in [3.63, 3.8) is 0 Å². The molecule has 5 heteroatoms. The molecule has 1 aliphatic heterocycles. The minimum Gasteiger partial charge on any atom is -0.349 e. The third kappa shape index (κ3) is 5.75. The van der Waals surface area contributed by atoms with Crippen molar-refractivity contribution in [3.05, 3.63) is 89.7 Å². The van der Waals surface area contributed by atoms with Crippen LogP contribution in [0.4, 0.5) is 4.39 Å². The van der Waals surface area contributed by atoms with Crippen LogP contribution < -0.4 is 5.32 Å². The van der Waals surface area contributed by atoms with Gasteiger partial charge < -0.3 is 5.32 Å². The minimum absolute atomic E-state index is 0.126. The van der Waals surface area contributed by atoms with Crippen LogP contribution in [0.2, 0.25) is 0 Å². The maximum Gasteiger partial charge on any atom is 0.251 e. The number of piperidine rings is 1. The molecule has 0 radical (unpaired) electrons. The first-order chi connectivity index (χ1) is 15.1. The molecule has 160 valence electrons. The maximum atomic E-state index is 13.0. The number of amides is 1. The second-order valence-electron chi connectivity index (χ2n) is 7.96. The van der Waals surface area contributed by atoms with Crippen LogP contribution in [0.3, 0.4) is 0 Å². The largest absolute Gasteiger partial charge is 0.349 e. The molecule has 31 heavy (non-hydrogen) atoms. The lowest BCUT2D eigenvalue weighted by Crippen LogP contribution is -2.44. The highest BCUT2D eigenvalue weighted by atomic mass is 32.2. The van der Waals surface area contributed by atoms with E-state index in [9.17, 15) is 9.18 Å². The number of benzene rings is 3. The van der Waals surface area contributed by atoms with Crippen LogP contribution in [-0.2, 0) is 6.54 Å². The Kier molecular flexibility index (Phi) is 7.05. The summed E-state index contributed by atoms with van der Waals surface area (Å²) in [6, 6.07) is 23.3. The quantitative estimate of drug-likeness (QED) is 0.512. The third-order valence-corrected chi connectivity index (χ3v) is 6.53. The first kappa shape index (κ1) is 21.6. The molecule has 0 spiro atoms. The number of thioether (sulfide) groups is 1. The van der Waals surface area contributed by atoms with Crippen molar-refractivity contribution in [3.8, 4) is 11.1 Å². The van der Waals surface area contributed by atoms with E-state index in [0.29, 0.717) is 5.56 Å². The first-order valence-corrected chi connectivity index (χ1v) is 11.9. The zero-order valence-electron chi connectivity index (χ0n) is 17.7. The molecule has 0 bridgehead atoms. The summed E-state index contributed by atoms with van der Waals surface area (Å²) in [6.07, 6.45) is 3.93. The lowest BCUT2D eigenvalue weighted by Gasteiger charge is -2.32. The second-order valence-corrected chi connectivity index (χ2v) is 8.84. The van der Waals surface area contributed by atoms with E-state index in [-0.39, 0.29) is 17.8 Å². The Hall–Kier alpha value is -2.63. The number of hydrogen-bond acceptors (Lipinski definition) is 3. The van der Waals surface area contributed by atoms with Gasteiger partial charge in [-0.15, -0.1) is 11.8 Å². The Labute approximate surface area is 187 Å². The average molecular weight is 435 g/mol. The molecule has 3 aromatic carbocycles. The third-order valence-electron chi connectivity index (χ3n) is 5.79. The Balaban J connectivity index is 1.30. The number of nitrogens with zero attached hydrogens (tertiary/aromatic N) is 1. The SMILES string of the molecule is CSc1ccc(-c2cccc(CN3CCC(NC(=O)c4ccc(F)cc4)CC3)c2)cc1. The van der Waals surface area contributed by atoms with E-state index in [4.69, 9.17) is 0 Å². The molecule has 3 aromatic rings. The summed E-state index contributed by atoms with van der Waals surface area (Å²) >= 11 is 1.75. The Morgan fingerprint density at radius 1 is 1.00 bits per heavy atom. The van der Waals surface area contributed by atoms with Crippen LogP contribution >= 0.6 is 11.8 Å². The standard InChI is InChI=1S/C26H27FN2OS/c1-31-25-11-7-20(8-12-25)22-4-2-3-19(17-22)18-29-15-13-24(14-16-29)28-26(30)21-5-9-23(27)10-6-21/h2-12,17,24H,13-16,18H2,1H3,(H,28,30). The molecule has 0 aliphatic carbocycles. The van der Waals surface area contributed by atoms with Crippen molar-refractivity contribution in [1.82, 2.24) is 10.2 Å². The van der Waals surface area contributed by atoms with Crippen molar-refractivity contribution in [2.75, 3.05) is 19.3 Å². The summed E-state index contributed by atoms with van der Waals surface area (Å²) in [4.78, 5) is 16.1. The van der Waals surface area contributed by atoms with E-state index in [1.54, 1.807) is 11.8 Å². The number of hydrogen-bond donors (Lipinski definition) is 1.